The van der Waals surface area contributed by atoms with Crippen molar-refractivity contribution < 1.29 is 4.79 Å². The number of pyridine rings is 1. The number of likely N-dealkylation sites (tertiary alicyclic amines) is 1. The molecule has 1 fully saturated rings. The molecule has 0 atom stereocenters. The molecule has 1 aliphatic heterocycles. The summed E-state index contributed by atoms with van der Waals surface area (Å²) in [6, 6.07) is 4.16. The quantitative estimate of drug-likeness (QED) is 0.857. The number of nitrogens with one attached hydrogen (secondary N) is 1. The van der Waals surface area contributed by atoms with Gasteiger partial charge in [0.2, 0.25) is 5.91 Å². The number of hydrogen-bond acceptors (Lipinski definition) is 5. The van der Waals surface area contributed by atoms with E-state index in [1.165, 1.54) is 10.4 Å². The topological polar surface area (TPSA) is 58.1 Å². The highest BCUT2D eigenvalue weighted by Crippen LogP contribution is 2.30. The van der Waals surface area contributed by atoms with Crippen LogP contribution in [0.15, 0.2) is 36.7 Å². The molecule has 1 N–H and O–H groups in total. The van der Waals surface area contributed by atoms with Gasteiger partial charge in [-0.3, -0.25) is 4.79 Å². The van der Waals surface area contributed by atoms with E-state index in [1.54, 1.807) is 18.3 Å². The van der Waals surface area contributed by atoms with Gasteiger partial charge in [-0.25, -0.2) is 9.97 Å². The van der Waals surface area contributed by atoms with E-state index in [0.717, 1.165) is 36.9 Å². The van der Waals surface area contributed by atoms with Crippen LogP contribution in [-0.4, -0.2) is 33.9 Å². The molecule has 1 saturated heterocycles. The molecule has 0 spiro atoms. The van der Waals surface area contributed by atoms with Gasteiger partial charge in [-0.1, -0.05) is 6.58 Å². The van der Waals surface area contributed by atoms with Crippen molar-refractivity contribution in [1.29, 1.82) is 0 Å². The van der Waals surface area contributed by atoms with Gasteiger partial charge in [0.1, 0.15) is 5.82 Å². The molecular formula is C18H22N4OS. The predicted molar refractivity (Wildman–Crippen MR) is 97.7 cm³/mol. The summed E-state index contributed by atoms with van der Waals surface area (Å²) in [5, 5.41) is 4.13. The third-order valence-electron chi connectivity index (χ3n) is 4.26. The van der Waals surface area contributed by atoms with Crippen LogP contribution >= 0.6 is 11.3 Å². The van der Waals surface area contributed by atoms with Crippen LogP contribution in [0.2, 0.25) is 0 Å². The summed E-state index contributed by atoms with van der Waals surface area (Å²) < 4.78 is 0. The SMILES string of the molecule is C=C(C)C(=O)N1CCC(c2ccnc(Nc3ncc(C)s3)c2)CC1. The highest BCUT2D eigenvalue weighted by molar-refractivity contribution is 7.15. The monoisotopic (exact) mass is 342 g/mol. The number of piperidine rings is 1. The molecule has 126 valence electrons. The summed E-state index contributed by atoms with van der Waals surface area (Å²) in [6.45, 7) is 9.13. The molecule has 3 rings (SSSR count). The maximum atomic E-state index is 12.0. The minimum Gasteiger partial charge on any atom is -0.339 e. The van der Waals surface area contributed by atoms with Gasteiger partial charge in [-0.2, -0.15) is 0 Å². The summed E-state index contributed by atoms with van der Waals surface area (Å²) in [5.41, 5.74) is 1.88. The first-order valence-corrected chi connectivity index (χ1v) is 8.95. The fourth-order valence-corrected chi connectivity index (χ4v) is 3.65. The first-order chi connectivity index (χ1) is 11.5. The van der Waals surface area contributed by atoms with Crippen molar-refractivity contribution in [2.45, 2.75) is 32.6 Å². The second kappa shape index (κ2) is 7.13. The normalized spacial score (nSPS) is 15.3. The average Bonchev–Trinajstić information content (AvgIpc) is 2.99. The van der Waals surface area contributed by atoms with E-state index in [4.69, 9.17) is 0 Å². The van der Waals surface area contributed by atoms with E-state index < -0.39 is 0 Å². The van der Waals surface area contributed by atoms with Gasteiger partial charge < -0.3 is 10.2 Å². The van der Waals surface area contributed by atoms with Crippen LogP contribution in [0, 0.1) is 6.92 Å². The number of rotatable bonds is 4. The third kappa shape index (κ3) is 3.82. The molecule has 0 unspecified atom stereocenters. The summed E-state index contributed by atoms with van der Waals surface area (Å²) in [6.07, 6.45) is 5.63. The number of aryl methyl sites for hydroxylation is 1. The van der Waals surface area contributed by atoms with Crippen molar-refractivity contribution in [3.8, 4) is 0 Å². The molecule has 1 amide bonds. The molecule has 2 aromatic heterocycles. The van der Waals surface area contributed by atoms with Crippen LogP contribution < -0.4 is 5.32 Å². The molecule has 0 aromatic carbocycles. The predicted octanol–water partition coefficient (Wildman–Crippen LogP) is 3.87. The van der Waals surface area contributed by atoms with Crippen molar-refractivity contribution in [2.24, 2.45) is 0 Å². The van der Waals surface area contributed by atoms with Gasteiger partial charge >= 0.3 is 0 Å². The van der Waals surface area contributed by atoms with Crippen molar-refractivity contribution in [3.63, 3.8) is 0 Å². The number of nitrogens with zero attached hydrogens (tertiary/aromatic N) is 3. The average molecular weight is 342 g/mol. The Hall–Kier alpha value is -2.21. The van der Waals surface area contributed by atoms with Gasteiger partial charge in [0, 0.05) is 35.9 Å². The molecule has 6 heteroatoms. The zero-order chi connectivity index (χ0) is 17.1. The zero-order valence-corrected chi connectivity index (χ0v) is 14.9. The van der Waals surface area contributed by atoms with E-state index in [9.17, 15) is 4.79 Å². The molecule has 0 saturated carbocycles. The Morgan fingerprint density at radius 1 is 1.38 bits per heavy atom. The maximum Gasteiger partial charge on any atom is 0.248 e. The largest absolute Gasteiger partial charge is 0.339 e. The van der Waals surface area contributed by atoms with Crippen molar-refractivity contribution in [1.82, 2.24) is 14.9 Å². The van der Waals surface area contributed by atoms with Crippen LogP contribution in [-0.2, 0) is 4.79 Å². The van der Waals surface area contributed by atoms with Crippen molar-refractivity contribution in [2.75, 3.05) is 18.4 Å². The van der Waals surface area contributed by atoms with E-state index in [0.29, 0.717) is 11.5 Å². The Kier molecular flexibility index (Phi) is 4.94. The number of carbonyl (C=O) groups excluding carboxylic acids is 1. The van der Waals surface area contributed by atoms with Crippen LogP contribution in [0.3, 0.4) is 0 Å². The lowest BCUT2D eigenvalue weighted by Crippen LogP contribution is -2.38. The second-order valence-corrected chi connectivity index (χ2v) is 7.46. The number of aromatic nitrogens is 2. The molecule has 5 nitrogen and oxygen atoms in total. The molecule has 1 aliphatic rings. The minimum absolute atomic E-state index is 0.0738. The summed E-state index contributed by atoms with van der Waals surface area (Å²) >= 11 is 1.62. The fraction of sp³-hybridized carbons (Fsp3) is 0.389. The number of anilines is 2. The van der Waals surface area contributed by atoms with Gasteiger partial charge in [-0.15, -0.1) is 11.3 Å². The van der Waals surface area contributed by atoms with Crippen LogP contribution in [0.25, 0.3) is 0 Å². The molecule has 0 radical (unpaired) electrons. The van der Waals surface area contributed by atoms with Gasteiger partial charge in [0.15, 0.2) is 5.13 Å². The zero-order valence-electron chi connectivity index (χ0n) is 14.1. The first-order valence-electron chi connectivity index (χ1n) is 8.13. The smallest absolute Gasteiger partial charge is 0.248 e. The van der Waals surface area contributed by atoms with Crippen molar-refractivity contribution in [3.05, 3.63) is 47.1 Å². The lowest BCUT2D eigenvalue weighted by Gasteiger charge is -2.32. The molecular weight excluding hydrogens is 320 g/mol. The Morgan fingerprint density at radius 3 is 2.75 bits per heavy atom. The van der Waals surface area contributed by atoms with Crippen LogP contribution in [0.5, 0.6) is 0 Å². The van der Waals surface area contributed by atoms with E-state index in [1.807, 2.05) is 24.2 Å². The fourth-order valence-electron chi connectivity index (χ4n) is 2.98. The molecule has 0 bridgehead atoms. The summed E-state index contributed by atoms with van der Waals surface area (Å²) in [5.74, 6) is 1.35. The molecule has 24 heavy (non-hydrogen) atoms. The molecule has 2 aromatic rings. The first kappa shape index (κ1) is 16.6. The number of hydrogen-bond donors (Lipinski definition) is 1. The molecule has 0 aliphatic carbocycles. The van der Waals surface area contributed by atoms with E-state index in [2.05, 4.69) is 34.0 Å². The standard InChI is InChI=1S/C18H22N4OS/c1-12(2)17(23)22-8-5-14(6-9-22)15-4-7-19-16(10-15)21-18-20-11-13(3)24-18/h4,7,10-11,14H,1,5-6,8-9H2,2-3H3,(H,19,20,21). The van der Waals surface area contributed by atoms with Gasteiger partial charge in [0.05, 0.1) is 0 Å². The lowest BCUT2D eigenvalue weighted by atomic mass is 9.90. The lowest BCUT2D eigenvalue weighted by molar-refractivity contribution is -0.128. The van der Waals surface area contributed by atoms with Crippen LogP contribution in [0.4, 0.5) is 10.9 Å². The van der Waals surface area contributed by atoms with Crippen molar-refractivity contribution >= 4 is 28.2 Å². The summed E-state index contributed by atoms with van der Waals surface area (Å²) in [7, 11) is 0. The number of carbonyl (C=O) groups is 1. The Bertz CT molecular complexity index is 747. The van der Waals surface area contributed by atoms with Gasteiger partial charge in [0.25, 0.3) is 0 Å². The molecule has 3 heterocycles. The van der Waals surface area contributed by atoms with E-state index >= 15 is 0 Å². The minimum atomic E-state index is 0.0738. The Labute approximate surface area is 146 Å². The third-order valence-corrected chi connectivity index (χ3v) is 5.09. The maximum absolute atomic E-state index is 12.0. The highest BCUT2D eigenvalue weighted by Gasteiger charge is 2.24. The summed E-state index contributed by atoms with van der Waals surface area (Å²) in [4.78, 5) is 23.8. The number of amides is 1. The highest BCUT2D eigenvalue weighted by atomic mass is 32.1. The van der Waals surface area contributed by atoms with Gasteiger partial charge in [-0.05, 0) is 50.3 Å². The second-order valence-electron chi connectivity index (χ2n) is 6.22. The number of thiazole rings is 1. The van der Waals surface area contributed by atoms with E-state index in [-0.39, 0.29) is 5.91 Å². The van der Waals surface area contributed by atoms with Crippen LogP contribution in [0.1, 0.15) is 36.1 Å². The Balaban J connectivity index is 1.65. The Morgan fingerprint density at radius 2 is 2.12 bits per heavy atom.